The maximum absolute atomic E-state index is 9.75. The predicted octanol–water partition coefficient (Wildman–Crippen LogP) is 4.87. The Hall–Kier alpha value is -2.05. The van der Waals surface area contributed by atoms with Crippen molar-refractivity contribution < 1.29 is 84.6 Å². The van der Waals surface area contributed by atoms with E-state index in [1.54, 1.807) is 0 Å². The summed E-state index contributed by atoms with van der Waals surface area (Å²) >= 11 is 0. The number of nitrogens with zero attached hydrogens (tertiary/aromatic N) is 1. The molecule has 37 heavy (non-hydrogen) atoms. The number of rotatable bonds is 3. The number of hydrogen-bond donors (Lipinski definition) is 1. The average Bonchev–Trinajstić information content (AvgIpc) is 2.86. The second-order valence-corrected chi connectivity index (χ2v) is 6.75. The summed E-state index contributed by atoms with van der Waals surface area (Å²) in [5.74, 6) is 2.53. The minimum absolute atomic E-state index is 0. The molecule has 2 N–H and O–H groups in total. The van der Waals surface area contributed by atoms with Crippen LogP contribution in [0.1, 0.15) is 11.1 Å². The third-order valence-electron chi connectivity index (χ3n) is 3.91. The molecule has 0 aliphatic carbocycles. The van der Waals surface area contributed by atoms with E-state index in [1.165, 1.54) is 5.56 Å². The largest absolute Gasteiger partial charge is 1.00 e. The molecule has 0 saturated carbocycles. The minimum Gasteiger partial charge on any atom is -0.418 e. The van der Waals surface area contributed by atoms with Gasteiger partial charge in [0.1, 0.15) is 0 Å². The van der Waals surface area contributed by atoms with Gasteiger partial charge in [0.05, 0.1) is 5.69 Å². The summed E-state index contributed by atoms with van der Waals surface area (Å²) in [6, 6.07) is 39.4. The molecule has 0 fully saturated rings. The zero-order chi connectivity index (χ0) is 25.8. The molecule has 0 spiro atoms. The zero-order valence-corrected chi connectivity index (χ0v) is 23.1. The predicted molar refractivity (Wildman–Crippen MR) is 140 cm³/mol. The minimum atomic E-state index is -6.00. The van der Waals surface area contributed by atoms with Gasteiger partial charge in [-0.2, -0.15) is 0 Å². The Labute approximate surface area is 268 Å². The first-order valence-electron chi connectivity index (χ1n) is 10.6. The van der Waals surface area contributed by atoms with Crippen LogP contribution in [0.4, 0.5) is 28.6 Å². The molecule has 0 saturated heterocycles. The first-order valence-corrected chi connectivity index (χ1v) is 10.6. The third kappa shape index (κ3) is 24.1. The summed E-state index contributed by atoms with van der Waals surface area (Å²) in [5, 5.41) is 0. The monoisotopic (exact) mass is 540 g/mol. The maximum atomic E-state index is 9.75. The summed E-state index contributed by atoms with van der Waals surface area (Å²) in [4.78, 5) is 4.38. The molecule has 0 bridgehead atoms. The molecular formula is C28H26ArBF4N2Na. The van der Waals surface area contributed by atoms with Crippen LogP contribution < -0.4 is 35.3 Å². The van der Waals surface area contributed by atoms with Crippen molar-refractivity contribution in [2.75, 3.05) is 5.73 Å². The van der Waals surface area contributed by atoms with Crippen LogP contribution in [0.5, 0.6) is 0 Å². The third-order valence-corrected chi connectivity index (χ3v) is 3.91. The number of benzene rings is 4. The van der Waals surface area contributed by atoms with Crippen molar-refractivity contribution in [1.29, 1.82) is 0 Å². The topological polar surface area (TPSA) is 38.4 Å². The van der Waals surface area contributed by atoms with Gasteiger partial charge in [-0.15, -0.1) is 6.42 Å². The van der Waals surface area contributed by atoms with Gasteiger partial charge in [-0.3, -0.25) is 4.99 Å². The maximum Gasteiger partial charge on any atom is 1.00 e. The van der Waals surface area contributed by atoms with Gasteiger partial charge in [0, 0.05) is 61.6 Å². The van der Waals surface area contributed by atoms with Crippen LogP contribution in [0, 0.1) is 50.1 Å². The van der Waals surface area contributed by atoms with Gasteiger partial charge in [-0.05, 0) is 42.0 Å². The van der Waals surface area contributed by atoms with Gasteiger partial charge in [0.25, 0.3) is 0 Å². The second-order valence-electron chi connectivity index (χ2n) is 6.75. The molecule has 0 atom stereocenters. The van der Waals surface area contributed by atoms with Crippen molar-refractivity contribution in [3.63, 3.8) is 0 Å². The number of terminal acetylenes is 1. The van der Waals surface area contributed by atoms with Crippen LogP contribution in [-0.2, 0) is 6.42 Å². The number of nitrogens with two attached hydrogens (primary N) is 1. The number of halogens is 4. The van der Waals surface area contributed by atoms with Crippen LogP contribution in [-0.4, -0.2) is 13.5 Å². The quantitative estimate of drug-likeness (QED) is 0.130. The van der Waals surface area contributed by atoms with E-state index < -0.39 is 7.25 Å². The Morgan fingerprint density at radius 3 is 1.43 bits per heavy atom. The Kier molecular flexibility index (Phi) is 23.2. The van der Waals surface area contributed by atoms with E-state index in [4.69, 9.17) is 12.2 Å². The second kappa shape index (κ2) is 23.1. The van der Waals surface area contributed by atoms with Crippen molar-refractivity contribution in [2.45, 2.75) is 6.42 Å². The molecule has 0 heterocycles. The van der Waals surface area contributed by atoms with E-state index in [2.05, 4.69) is 23.0 Å². The number of para-hydroxylation sites is 2. The fourth-order valence-electron chi connectivity index (χ4n) is 2.37. The van der Waals surface area contributed by atoms with Gasteiger partial charge in [-0.1, -0.05) is 90.8 Å². The Balaban J connectivity index is 0. The van der Waals surface area contributed by atoms with Gasteiger partial charge in [0.15, 0.2) is 0 Å². The van der Waals surface area contributed by atoms with Crippen molar-refractivity contribution >= 4 is 24.8 Å². The summed E-state index contributed by atoms with van der Waals surface area (Å²) in [5.41, 5.74) is 9.41. The Morgan fingerprint density at radius 1 is 0.703 bits per heavy atom. The van der Waals surface area contributed by atoms with Crippen molar-refractivity contribution in [1.82, 2.24) is 0 Å². The molecule has 188 valence electrons. The molecule has 0 aliphatic heterocycles. The van der Waals surface area contributed by atoms with Crippen LogP contribution in [0.15, 0.2) is 126 Å². The standard InChI is InChI=1S/C14H13N.C8H6.C6H7N.Ar.BF4.Na/c1-3-7-13(8-4-1)11-12-15-14-9-5-2-6-10-14;1-2-8-6-4-3-5-7-8;7-6-4-2-1-3-5-6;;2-1(3,4)5;/h1-10,12H,11H2;1,3-7H;1-5H,7H2;;;/q;;;;-1;+1. The molecule has 4 aromatic carbocycles. The van der Waals surface area contributed by atoms with Gasteiger partial charge < -0.3 is 23.0 Å². The number of aliphatic imine (C=N–C) groups is 1. The number of anilines is 1. The summed E-state index contributed by atoms with van der Waals surface area (Å²) < 4.78 is 39.0. The molecule has 0 aliphatic rings. The molecule has 2 nitrogen and oxygen atoms in total. The van der Waals surface area contributed by atoms with E-state index in [0.717, 1.165) is 23.4 Å². The summed E-state index contributed by atoms with van der Waals surface area (Å²) in [6.45, 7) is 0. The molecule has 0 unspecified atom stereocenters. The van der Waals surface area contributed by atoms with Crippen LogP contribution in [0.2, 0.25) is 0 Å². The van der Waals surface area contributed by atoms with Gasteiger partial charge in [0.2, 0.25) is 0 Å². The fourth-order valence-corrected chi connectivity index (χ4v) is 2.37. The average molecular weight is 540 g/mol. The molecule has 0 amide bonds. The molecule has 4 rings (SSSR count). The zero-order valence-electron chi connectivity index (χ0n) is 20.4. The first kappa shape index (κ1) is 37.1. The first-order chi connectivity index (χ1) is 16.8. The molecule has 0 radical (unpaired) electrons. The van der Waals surface area contributed by atoms with E-state index in [9.17, 15) is 17.3 Å². The molecule has 0 aromatic heterocycles. The smallest absolute Gasteiger partial charge is 0.418 e. The van der Waals surface area contributed by atoms with Crippen LogP contribution in [0.3, 0.4) is 0 Å². The van der Waals surface area contributed by atoms with Crippen LogP contribution >= 0.6 is 0 Å². The number of nitrogen functional groups attached to an aromatic ring is 1. The van der Waals surface area contributed by atoms with Crippen molar-refractivity contribution in [2.24, 2.45) is 4.99 Å². The molecule has 4 aromatic rings. The van der Waals surface area contributed by atoms with Gasteiger partial charge in [-0.25, -0.2) is 0 Å². The Morgan fingerprint density at radius 2 is 1.08 bits per heavy atom. The SMILES string of the molecule is C#Cc1ccccc1.C(Cc1ccccc1)=Nc1ccccc1.F[B-](F)(F)F.Nc1ccccc1.[Ar].[Na+]. The van der Waals surface area contributed by atoms with E-state index in [-0.39, 0.29) is 67.3 Å². The Bertz CT molecular complexity index is 1120. The van der Waals surface area contributed by atoms with E-state index >= 15 is 0 Å². The molecule has 9 heteroatoms. The normalized spacial score (nSPS) is 9.27. The van der Waals surface area contributed by atoms with Crippen LogP contribution in [0.25, 0.3) is 0 Å². The van der Waals surface area contributed by atoms with Crippen molar-refractivity contribution in [3.05, 3.63) is 132 Å². The summed E-state index contributed by atoms with van der Waals surface area (Å²) in [6.07, 6.45) is 7.93. The van der Waals surface area contributed by atoms with E-state index in [1.807, 2.05) is 115 Å². The van der Waals surface area contributed by atoms with Crippen molar-refractivity contribution in [3.8, 4) is 12.3 Å². The fraction of sp³-hybridized carbons (Fsp3) is 0.0357. The van der Waals surface area contributed by atoms with E-state index in [0.29, 0.717) is 0 Å². The summed E-state index contributed by atoms with van der Waals surface area (Å²) in [7, 11) is -6.00. The number of hydrogen-bond acceptors (Lipinski definition) is 2. The van der Waals surface area contributed by atoms with Gasteiger partial charge >= 0.3 is 36.8 Å². The molecular weight excluding hydrogens is 514 g/mol.